The number of carbonyl (C=O) groups is 1. The number of carbonyl (C=O) groups excluding carboxylic acids is 1. The zero-order valence-electron chi connectivity index (χ0n) is 10.5. The van der Waals surface area contributed by atoms with Crippen LogP contribution in [0, 0.1) is 6.92 Å². The average Bonchev–Trinajstić information content (AvgIpc) is 2.72. The van der Waals surface area contributed by atoms with Crippen molar-refractivity contribution in [3.8, 4) is 0 Å². The van der Waals surface area contributed by atoms with E-state index in [2.05, 4.69) is 21.0 Å². The quantitative estimate of drug-likeness (QED) is 0.812. The van der Waals surface area contributed by atoms with Crippen LogP contribution in [0.15, 0.2) is 35.1 Å². The third-order valence-electron chi connectivity index (χ3n) is 2.89. The molecule has 94 valence electrons. The van der Waals surface area contributed by atoms with Crippen molar-refractivity contribution in [1.82, 2.24) is 9.78 Å². The molecule has 0 saturated carbocycles. The largest absolute Gasteiger partial charge is 0.294 e. The van der Waals surface area contributed by atoms with Gasteiger partial charge in [-0.05, 0) is 36.6 Å². The van der Waals surface area contributed by atoms with Crippen LogP contribution >= 0.6 is 15.9 Å². The summed E-state index contributed by atoms with van der Waals surface area (Å²) < 4.78 is 2.76. The monoisotopic (exact) mass is 306 g/mol. The lowest BCUT2D eigenvalue weighted by molar-refractivity contribution is 0.0982. The maximum atomic E-state index is 12.1. The Morgan fingerprint density at radius 3 is 2.83 bits per heavy atom. The van der Waals surface area contributed by atoms with Crippen LogP contribution < -0.4 is 0 Å². The van der Waals surface area contributed by atoms with E-state index >= 15 is 0 Å². The van der Waals surface area contributed by atoms with Crippen LogP contribution in [-0.2, 0) is 13.5 Å². The van der Waals surface area contributed by atoms with Crippen molar-refractivity contribution < 1.29 is 4.79 Å². The first-order chi connectivity index (χ1) is 8.56. The van der Waals surface area contributed by atoms with Crippen LogP contribution in [0.4, 0.5) is 0 Å². The molecule has 0 atom stereocenters. The number of ketones is 1. The Labute approximate surface area is 115 Å². The van der Waals surface area contributed by atoms with Crippen LogP contribution in [0.25, 0.3) is 0 Å². The van der Waals surface area contributed by atoms with Gasteiger partial charge in [0, 0.05) is 29.7 Å². The van der Waals surface area contributed by atoms with E-state index in [-0.39, 0.29) is 5.78 Å². The molecule has 2 aromatic rings. The van der Waals surface area contributed by atoms with Gasteiger partial charge in [0.05, 0.1) is 6.20 Å². The molecule has 18 heavy (non-hydrogen) atoms. The summed E-state index contributed by atoms with van der Waals surface area (Å²) in [6, 6.07) is 5.76. The number of aryl methyl sites for hydroxylation is 3. The molecule has 0 amide bonds. The van der Waals surface area contributed by atoms with E-state index in [0.29, 0.717) is 6.42 Å². The number of hydrogen-bond donors (Lipinski definition) is 0. The lowest BCUT2D eigenvalue weighted by atomic mass is 10.0. The van der Waals surface area contributed by atoms with Gasteiger partial charge < -0.3 is 0 Å². The minimum Gasteiger partial charge on any atom is -0.294 e. The fraction of sp³-hybridized carbons (Fsp3) is 0.286. The minimum atomic E-state index is 0.184. The standard InChI is InChI=1S/C14H15BrN2O/c1-10-7-12(15)4-5-13(10)14(18)6-3-11-8-16-17(2)9-11/h4-5,7-9H,3,6H2,1-2H3. The molecule has 0 radical (unpaired) electrons. The van der Waals surface area contributed by atoms with Gasteiger partial charge in [-0.25, -0.2) is 0 Å². The SMILES string of the molecule is Cc1cc(Br)ccc1C(=O)CCc1cnn(C)c1. The summed E-state index contributed by atoms with van der Waals surface area (Å²) in [6.07, 6.45) is 5.01. The van der Waals surface area contributed by atoms with Crippen molar-refractivity contribution in [3.63, 3.8) is 0 Å². The van der Waals surface area contributed by atoms with Gasteiger partial charge in [0.1, 0.15) is 0 Å². The molecular weight excluding hydrogens is 292 g/mol. The number of hydrogen-bond acceptors (Lipinski definition) is 2. The first-order valence-electron chi connectivity index (χ1n) is 5.83. The predicted molar refractivity (Wildman–Crippen MR) is 74.7 cm³/mol. The summed E-state index contributed by atoms with van der Waals surface area (Å²) in [5, 5.41) is 4.10. The number of aromatic nitrogens is 2. The molecule has 0 bridgehead atoms. The summed E-state index contributed by atoms with van der Waals surface area (Å²) in [6.45, 7) is 1.96. The fourth-order valence-corrected chi connectivity index (χ4v) is 2.41. The number of halogens is 1. The Kier molecular flexibility index (Phi) is 3.97. The first kappa shape index (κ1) is 13.0. The van der Waals surface area contributed by atoms with E-state index in [1.54, 1.807) is 4.68 Å². The number of benzene rings is 1. The summed E-state index contributed by atoms with van der Waals surface area (Å²) in [7, 11) is 1.88. The summed E-state index contributed by atoms with van der Waals surface area (Å²) in [5.41, 5.74) is 2.92. The van der Waals surface area contributed by atoms with E-state index < -0.39 is 0 Å². The number of rotatable bonds is 4. The van der Waals surface area contributed by atoms with Crippen molar-refractivity contribution in [2.75, 3.05) is 0 Å². The lowest BCUT2D eigenvalue weighted by Gasteiger charge is -2.04. The van der Waals surface area contributed by atoms with Crippen LogP contribution in [-0.4, -0.2) is 15.6 Å². The molecule has 0 spiro atoms. The topological polar surface area (TPSA) is 34.9 Å². The van der Waals surface area contributed by atoms with E-state index in [4.69, 9.17) is 0 Å². The van der Waals surface area contributed by atoms with Gasteiger partial charge in [-0.15, -0.1) is 0 Å². The molecule has 2 rings (SSSR count). The van der Waals surface area contributed by atoms with Crippen molar-refractivity contribution >= 4 is 21.7 Å². The Morgan fingerprint density at radius 1 is 1.44 bits per heavy atom. The number of Topliss-reactive ketones (excluding diaryl/α,β-unsaturated/α-hetero) is 1. The molecule has 1 heterocycles. The maximum absolute atomic E-state index is 12.1. The zero-order chi connectivity index (χ0) is 13.1. The molecule has 1 aromatic carbocycles. The van der Waals surface area contributed by atoms with Gasteiger partial charge in [0.25, 0.3) is 0 Å². The first-order valence-corrected chi connectivity index (χ1v) is 6.62. The Bertz CT molecular complexity index is 575. The maximum Gasteiger partial charge on any atom is 0.163 e. The second-order valence-electron chi connectivity index (χ2n) is 4.40. The molecule has 0 aliphatic carbocycles. The van der Waals surface area contributed by atoms with E-state index in [1.165, 1.54) is 0 Å². The minimum absolute atomic E-state index is 0.184. The second-order valence-corrected chi connectivity index (χ2v) is 5.32. The summed E-state index contributed by atoms with van der Waals surface area (Å²) in [5.74, 6) is 0.184. The zero-order valence-corrected chi connectivity index (χ0v) is 12.1. The molecule has 0 aliphatic heterocycles. The van der Waals surface area contributed by atoms with Crippen molar-refractivity contribution in [3.05, 3.63) is 51.8 Å². The lowest BCUT2D eigenvalue weighted by Crippen LogP contribution is -2.03. The van der Waals surface area contributed by atoms with Gasteiger partial charge in [0.2, 0.25) is 0 Å². The van der Waals surface area contributed by atoms with Crippen LogP contribution in [0.5, 0.6) is 0 Å². The highest BCUT2D eigenvalue weighted by Gasteiger charge is 2.09. The Hall–Kier alpha value is -1.42. The Balaban J connectivity index is 2.03. The van der Waals surface area contributed by atoms with Crippen LogP contribution in [0.2, 0.25) is 0 Å². The second kappa shape index (κ2) is 5.48. The molecule has 4 heteroatoms. The summed E-state index contributed by atoms with van der Waals surface area (Å²) in [4.78, 5) is 12.1. The third-order valence-corrected chi connectivity index (χ3v) is 3.38. The van der Waals surface area contributed by atoms with Gasteiger partial charge >= 0.3 is 0 Å². The molecule has 0 aliphatic rings. The highest BCUT2D eigenvalue weighted by molar-refractivity contribution is 9.10. The highest BCUT2D eigenvalue weighted by Crippen LogP contribution is 2.18. The molecular formula is C14H15BrN2O. The predicted octanol–water partition coefficient (Wildman–Crippen LogP) is 3.31. The molecule has 0 N–H and O–H groups in total. The molecule has 0 fully saturated rings. The summed E-state index contributed by atoms with van der Waals surface area (Å²) >= 11 is 3.40. The molecule has 1 aromatic heterocycles. The van der Waals surface area contributed by atoms with E-state index in [9.17, 15) is 4.79 Å². The fourth-order valence-electron chi connectivity index (χ4n) is 1.93. The number of nitrogens with zero attached hydrogens (tertiary/aromatic N) is 2. The van der Waals surface area contributed by atoms with Gasteiger partial charge in [-0.3, -0.25) is 9.48 Å². The van der Waals surface area contributed by atoms with Gasteiger partial charge in [0.15, 0.2) is 5.78 Å². The van der Waals surface area contributed by atoms with E-state index in [1.807, 2.05) is 44.6 Å². The van der Waals surface area contributed by atoms with Crippen LogP contribution in [0.3, 0.4) is 0 Å². The normalized spacial score (nSPS) is 10.6. The molecule has 0 saturated heterocycles. The highest BCUT2D eigenvalue weighted by atomic mass is 79.9. The Morgan fingerprint density at radius 2 is 2.22 bits per heavy atom. The van der Waals surface area contributed by atoms with Crippen molar-refractivity contribution in [1.29, 1.82) is 0 Å². The van der Waals surface area contributed by atoms with E-state index in [0.717, 1.165) is 27.6 Å². The third kappa shape index (κ3) is 3.07. The molecule has 3 nitrogen and oxygen atoms in total. The van der Waals surface area contributed by atoms with Gasteiger partial charge in [-0.2, -0.15) is 5.10 Å². The van der Waals surface area contributed by atoms with Crippen molar-refractivity contribution in [2.24, 2.45) is 7.05 Å². The molecule has 0 unspecified atom stereocenters. The van der Waals surface area contributed by atoms with Crippen LogP contribution in [0.1, 0.15) is 27.9 Å². The smallest absolute Gasteiger partial charge is 0.163 e. The van der Waals surface area contributed by atoms with Gasteiger partial charge in [-0.1, -0.05) is 22.0 Å². The average molecular weight is 307 g/mol. The van der Waals surface area contributed by atoms with Crippen molar-refractivity contribution in [2.45, 2.75) is 19.8 Å².